The van der Waals surface area contributed by atoms with Gasteiger partial charge in [-0.2, -0.15) is 0 Å². The number of fused-ring (bicyclic) bond motifs is 1. The largest absolute Gasteiger partial charge is 0.482 e. The summed E-state index contributed by atoms with van der Waals surface area (Å²) in [4.78, 5) is 35.3. The van der Waals surface area contributed by atoms with E-state index in [4.69, 9.17) is 9.73 Å². The molecule has 0 bridgehead atoms. The van der Waals surface area contributed by atoms with Crippen LogP contribution in [0.5, 0.6) is 5.75 Å². The number of nitrogens with zero attached hydrogens (tertiary/aromatic N) is 4. The first kappa shape index (κ1) is 23.8. The van der Waals surface area contributed by atoms with E-state index in [1.165, 1.54) is 0 Å². The van der Waals surface area contributed by atoms with Gasteiger partial charge in [0.1, 0.15) is 5.75 Å². The van der Waals surface area contributed by atoms with Gasteiger partial charge in [0.05, 0.1) is 12.2 Å². The van der Waals surface area contributed by atoms with Gasteiger partial charge in [0.15, 0.2) is 12.6 Å². The average molecular weight is 445 g/mol. The molecule has 2 aliphatic heterocycles. The summed E-state index contributed by atoms with van der Waals surface area (Å²) >= 11 is 0. The second-order valence-electron chi connectivity index (χ2n) is 8.38. The third-order valence-corrected chi connectivity index (χ3v) is 5.43. The van der Waals surface area contributed by atoms with Gasteiger partial charge in [0.2, 0.25) is 5.91 Å². The van der Waals surface area contributed by atoms with Gasteiger partial charge in [0, 0.05) is 51.9 Å². The highest BCUT2D eigenvalue weighted by Crippen LogP contribution is 2.31. The Morgan fingerprint density at radius 2 is 1.94 bits per heavy atom. The SMILES string of the molecule is CCNC(=NCCCN1C(=O)COc2ccccc21)N1CCN(CC(=O)NC(C)C)CC1. The Morgan fingerprint density at radius 3 is 2.66 bits per heavy atom. The number of carbonyl (C=O) groups is 2. The van der Waals surface area contributed by atoms with E-state index in [1.54, 1.807) is 4.90 Å². The van der Waals surface area contributed by atoms with Crippen molar-refractivity contribution in [3.63, 3.8) is 0 Å². The molecule has 0 aromatic heterocycles. The molecule has 9 nitrogen and oxygen atoms in total. The number of aliphatic imine (C=N–C) groups is 1. The van der Waals surface area contributed by atoms with Crippen LogP contribution in [0.2, 0.25) is 0 Å². The van der Waals surface area contributed by atoms with E-state index in [0.717, 1.165) is 56.5 Å². The minimum atomic E-state index is -0.0165. The molecule has 0 radical (unpaired) electrons. The first-order chi connectivity index (χ1) is 15.5. The van der Waals surface area contributed by atoms with Crippen molar-refractivity contribution < 1.29 is 14.3 Å². The van der Waals surface area contributed by atoms with Gasteiger partial charge in [-0.3, -0.25) is 19.5 Å². The van der Waals surface area contributed by atoms with Crippen molar-refractivity contribution in [1.29, 1.82) is 0 Å². The van der Waals surface area contributed by atoms with Crippen LogP contribution in [-0.2, 0) is 9.59 Å². The molecular weight excluding hydrogens is 408 g/mol. The van der Waals surface area contributed by atoms with Crippen LogP contribution < -0.4 is 20.3 Å². The first-order valence-corrected chi connectivity index (χ1v) is 11.5. The predicted octanol–water partition coefficient (Wildman–Crippen LogP) is 0.910. The number of anilines is 1. The van der Waals surface area contributed by atoms with Crippen LogP contribution >= 0.6 is 0 Å². The van der Waals surface area contributed by atoms with E-state index >= 15 is 0 Å². The number of amides is 2. The molecule has 0 atom stereocenters. The number of para-hydroxylation sites is 2. The smallest absolute Gasteiger partial charge is 0.265 e. The molecule has 0 saturated carbocycles. The second kappa shape index (κ2) is 11.7. The number of piperazine rings is 1. The highest BCUT2D eigenvalue weighted by Gasteiger charge is 2.25. The summed E-state index contributed by atoms with van der Waals surface area (Å²) < 4.78 is 5.51. The first-order valence-electron chi connectivity index (χ1n) is 11.5. The van der Waals surface area contributed by atoms with E-state index in [-0.39, 0.29) is 24.5 Å². The molecule has 2 amide bonds. The minimum Gasteiger partial charge on any atom is -0.482 e. The lowest BCUT2D eigenvalue weighted by Gasteiger charge is -2.36. The number of ether oxygens (including phenoxy) is 1. The molecule has 9 heteroatoms. The molecule has 32 heavy (non-hydrogen) atoms. The predicted molar refractivity (Wildman–Crippen MR) is 126 cm³/mol. The topological polar surface area (TPSA) is 89.5 Å². The molecule has 2 aliphatic rings. The van der Waals surface area contributed by atoms with E-state index in [1.807, 2.05) is 38.1 Å². The monoisotopic (exact) mass is 444 g/mol. The van der Waals surface area contributed by atoms with Crippen molar-refractivity contribution in [2.75, 3.05) is 63.9 Å². The Labute approximate surface area is 190 Å². The maximum absolute atomic E-state index is 12.3. The van der Waals surface area contributed by atoms with Gasteiger partial charge in [-0.25, -0.2) is 0 Å². The number of carbonyl (C=O) groups excluding carboxylic acids is 2. The van der Waals surface area contributed by atoms with Crippen molar-refractivity contribution in [3.05, 3.63) is 24.3 Å². The normalized spacial score (nSPS) is 17.2. The number of guanidine groups is 1. The van der Waals surface area contributed by atoms with Crippen molar-refractivity contribution in [2.45, 2.75) is 33.2 Å². The van der Waals surface area contributed by atoms with Crippen LogP contribution in [0, 0.1) is 0 Å². The summed E-state index contributed by atoms with van der Waals surface area (Å²) in [6.07, 6.45) is 0.768. The van der Waals surface area contributed by atoms with Gasteiger partial charge in [-0.1, -0.05) is 12.1 Å². The number of benzene rings is 1. The van der Waals surface area contributed by atoms with Crippen molar-refractivity contribution >= 4 is 23.5 Å². The fourth-order valence-electron chi connectivity index (χ4n) is 3.93. The molecule has 1 aromatic rings. The standard InChI is InChI=1S/C23H36N6O3/c1-4-24-23(28-14-12-27(13-15-28)16-21(30)26-18(2)3)25-10-7-11-29-19-8-5-6-9-20(19)32-17-22(29)31/h5-6,8-9,18H,4,7,10-17H2,1-3H3,(H,24,25)(H,26,30). The Kier molecular flexibility index (Phi) is 8.72. The fourth-order valence-corrected chi connectivity index (χ4v) is 3.93. The maximum atomic E-state index is 12.3. The molecule has 0 unspecified atom stereocenters. The zero-order chi connectivity index (χ0) is 22.9. The molecule has 1 aromatic carbocycles. The highest BCUT2D eigenvalue weighted by atomic mass is 16.5. The molecule has 2 N–H and O–H groups in total. The van der Waals surface area contributed by atoms with E-state index in [0.29, 0.717) is 19.6 Å². The van der Waals surface area contributed by atoms with Crippen LogP contribution in [0.4, 0.5) is 5.69 Å². The zero-order valence-corrected chi connectivity index (χ0v) is 19.5. The summed E-state index contributed by atoms with van der Waals surface area (Å²) in [6, 6.07) is 7.80. The summed E-state index contributed by atoms with van der Waals surface area (Å²) in [5, 5.41) is 6.32. The third kappa shape index (κ3) is 6.59. The van der Waals surface area contributed by atoms with Crippen molar-refractivity contribution in [1.82, 2.24) is 20.4 Å². The quantitative estimate of drug-likeness (QED) is 0.352. The Hall–Kier alpha value is -2.81. The highest BCUT2D eigenvalue weighted by molar-refractivity contribution is 5.97. The summed E-state index contributed by atoms with van der Waals surface area (Å²) in [7, 11) is 0. The Morgan fingerprint density at radius 1 is 1.19 bits per heavy atom. The maximum Gasteiger partial charge on any atom is 0.265 e. The molecule has 2 heterocycles. The molecule has 1 fully saturated rings. The van der Waals surface area contributed by atoms with Gasteiger partial charge in [0.25, 0.3) is 5.91 Å². The fraction of sp³-hybridized carbons (Fsp3) is 0.609. The van der Waals surface area contributed by atoms with E-state index in [2.05, 4.69) is 27.4 Å². The van der Waals surface area contributed by atoms with Crippen LogP contribution in [0.1, 0.15) is 27.2 Å². The lowest BCUT2D eigenvalue weighted by molar-refractivity contribution is -0.123. The third-order valence-electron chi connectivity index (χ3n) is 5.43. The lowest BCUT2D eigenvalue weighted by Crippen LogP contribution is -2.54. The molecule has 0 spiro atoms. The molecule has 0 aliphatic carbocycles. The van der Waals surface area contributed by atoms with Gasteiger partial charge in [-0.05, 0) is 39.3 Å². The number of hydrogen-bond acceptors (Lipinski definition) is 5. The Balaban J connectivity index is 1.48. The van der Waals surface area contributed by atoms with Crippen LogP contribution in [-0.4, -0.2) is 92.6 Å². The van der Waals surface area contributed by atoms with Crippen LogP contribution in [0.25, 0.3) is 0 Å². The van der Waals surface area contributed by atoms with Crippen molar-refractivity contribution in [2.24, 2.45) is 4.99 Å². The summed E-state index contributed by atoms with van der Waals surface area (Å²) in [5.41, 5.74) is 0.831. The number of rotatable bonds is 8. The van der Waals surface area contributed by atoms with E-state index < -0.39 is 0 Å². The van der Waals surface area contributed by atoms with E-state index in [9.17, 15) is 9.59 Å². The van der Waals surface area contributed by atoms with Crippen molar-refractivity contribution in [3.8, 4) is 5.75 Å². The summed E-state index contributed by atoms with van der Waals surface area (Å²) in [6.45, 7) is 11.9. The second-order valence-corrected chi connectivity index (χ2v) is 8.38. The molecule has 3 rings (SSSR count). The molecule has 176 valence electrons. The number of hydrogen-bond donors (Lipinski definition) is 2. The lowest BCUT2D eigenvalue weighted by atomic mass is 10.2. The van der Waals surface area contributed by atoms with Gasteiger partial charge in [-0.15, -0.1) is 0 Å². The summed E-state index contributed by atoms with van der Waals surface area (Å²) in [5.74, 6) is 1.71. The van der Waals surface area contributed by atoms with Gasteiger partial charge < -0.3 is 25.2 Å². The van der Waals surface area contributed by atoms with Crippen LogP contribution in [0.15, 0.2) is 29.3 Å². The zero-order valence-electron chi connectivity index (χ0n) is 19.5. The molecule has 1 saturated heterocycles. The number of nitrogens with one attached hydrogen (secondary N) is 2. The molecular formula is C23H36N6O3. The Bertz CT molecular complexity index is 805. The minimum absolute atomic E-state index is 0.0165. The van der Waals surface area contributed by atoms with Crippen LogP contribution in [0.3, 0.4) is 0 Å². The average Bonchev–Trinajstić information content (AvgIpc) is 2.77. The van der Waals surface area contributed by atoms with Gasteiger partial charge >= 0.3 is 0 Å².